The minimum absolute atomic E-state index is 0.270. The normalized spacial score (nSPS) is 15.4. The summed E-state index contributed by atoms with van der Waals surface area (Å²) in [5.74, 6) is 0.897. The molecule has 0 spiro atoms. The van der Waals surface area contributed by atoms with Gasteiger partial charge in [-0.1, -0.05) is 136 Å². The van der Waals surface area contributed by atoms with E-state index >= 15 is 0 Å². The molecule has 0 aliphatic carbocycles. The van der Waals surface area contributed by atoms with Crippen LogP contribution in [0.2, 0.25) is 0 Å². The van der Waals surface area contributed by atoms with E-state index in [2.05, 4.69) is 13.8 Å². The number of unbranched alkanes of at least 4 members (excludes halogenated alkanes) is 16. The Balaban J connectivity index is 3.51. The molecule has 5 atom stereocenters. The molecule has 0 fully saturated rings. The molecule has 8 nitrogen and oxygen atoms in total. The van der Waals surface area contributed by atoms with Gasteiger partial charge in [-0.2, -0.15) is 0 Å². The number of amides is 1. The van der Waals surface area contributed by atoms with E-state index in [4.69, 9.17) is 9.84 Å². The number of likely N-dealkylation sites (N-methyl/N-ethyl adjacent to an activating group) is 1. The summed E-state index contributed by atoms with van der Waals surface area (Å²) in [6, 6.07) is 0. The lowest BCUT2D eigenvalue weighted by atomic mass is 9.96. The Labute approximate surface area is 245 Å². The minimum atomic E-state index is -1.72. The molecule has 0 rings (SSSR count). The van der Waals surface area contributed by atoms with Crippen LogP contribution in [0.3, 0.4) is 0 Å². The predicted molar refractivity (Wildman–Crippen MR) is 162 cm³/mol. The predicted octanol–water partition coefficient (Wildman–Crippen LogP) is 5.95. The smallest absolute Gasteiger partial charge is 0.409 e. The van der Waals surface area contributed by atoms with Gasteiger partial charge in [-0.05, 0) is 12.3 Å². The van der Waals surface area contributed by atoms with E-state index in [1.165, 1.54) is 116 Å². The Morgan fingerprint density at radius 1 is 0.650 bits per heavy atom. The second kappa shape index (κ2) is 26.9. The molecule has 0 aromatic rings. The lowest BCUT2D eigenvalue weighted by Crippen LogP contribution is -2.50. The van der Waals surface area contributed by atoms with Gasteiger partial charge < -0.3 is 35.2 Å². The molecule has 0 radical (unpaired) electrons. The molecule has 1 amide bonds. The molecule has 0 saturated carbocycles. The third kappa shape index (κ3) is 21.8. The quantitative estimate of drug-likeness (QED) is 0.0729. The zero-order valence-corrected chi connectivity index (χ0v) is 26.1. The van der Waals surface area contributed by atoms with Crippen LogP contribution < -0.4 is 0 Å². The summed E-state index contributed by atoms with van der Waals surface area (Å²) in [7, 11) is 1.42. The average molecular weight is 576 g/mol. The third-order valence-electron chi connectivity index (χ3n) is 7.97. The van der Waals surface area contributed by atoms with Gasteiger partial charge >= 0.3 is 6.09 Å². The Morgan fingerprint density at radius 2 is 1.05 bits per heavy atom. The van der Waals surface area contributed by atoms with Crippen LogP contribution in [0.15, 0.2) is 0 Å². The zero-order chi connectivity index (χ0) is 30.0. The van der Waals surface area contributed by atoms with Crippen molar-refractivity contribution in [2.24, 2.45) is 5.92 Å². The molecule has 0 aromatic heterocycles. The topological polar surface area (TPSA) is 131 Å². The molecule has 0 heterocycles. The SMILES string of the molecule is CCCCCCCCC(C)CCCCCCCCCCCCCCOC(=O)N(C)C[C@H](O)[C@@H](O)[C@H](O)[C@H](O)CO. The minimum Gasteiger partial charge on any atom is -0.449 e. The first-order valence-electron chi connectivity index (χ1n) is 16.5. The summed E-state index contributed by atoms with van der Waals surface area (Å²) in [6.07, 6.45) is 19.0. The molecule has 40 heavy (non-hydrogen) atoms. The van der Waals surface area contributed by atoms with Crippen LogP contribution in [0.1, 0.15) is 142 Å². The summed E-state index contributed by atoms with van der Waals surface area (Å²) >= 11 is 0. The third-order valence-corrected chi connectivity index (χ3v) is 7.97. The van der Waals surface area contributed by atoms with Crippen LogP contribution in [0.25, 0.3) is 0 Å². The second-order valence-electron chi connectivity index (χ2n) is 12.0. The van der Waals surface area contributed by atoms with Crippen LogP contribution in [0.4, 0.5) is 4.79 Å². The number of aliphatic hydroxyl groups excluding tert-OH is 5. The van der Waals surface area contributed by atoms with E-state index in [1.807, 2.05) is 0 Å². The van der Waals surface area contributed by atoms with Crippen molar-refractivity contribution in [3.8, 4) is 0 Å². The van der Waals surface area contributed by atoms with E-state index in [0.717, 1.165) is 30.1 Å². The van der Waals surface area contributed by atoms with Crippen LogP contribution in [-0.4, -0.2) is 87.7 Å². The molecule has 0 saturated heterocycles. The molecular formula is C32H65NO7. The van der Waals surface area contributed by atoms with Crippen molar-refractivity contribution >= 4 is 6.09 Å². The highest BCUT2D eigenvalue weighted by Gasteiger charge is 2.31. The number of nitrogens with zero attached hydrogens (tertiary/aromatic N) is 1. The zero-order valence-electron chi connectivity index (χ0n) is 26.1. The van der Waals surface area contributed by atoms with Crippen molar-refractivity contribution < 1.29 is 35.1 Å². The highest BCUT2D eigenvalue weighted by Crippen LogP contribution is 2.19. The van der Waals surface area contributed by atoms with Gasteiger partial charge in [0.05, 0.1) is 19.8 Å². The summed E-state index contributed by atoms with van der Waals surface area (Å²) in [5, 5.41) is 47.6. The van der Waals surface area contributed by atoms with E-state index in [1.54, 1.807) is 0 Å². The van der Waals surface area contributed by atoms with Crippen molar-refractivity contribution in [3.63, 3.8) is 0 Å². The van der Waals surface area contributed by atoms with Crippen LogP contribution >= 0.6 is 0 Å². The van der Waals surface area contributed by atoms with Crippen molar-refractivity contribution in [1.82, 2.24) is 4.90 Å². The van der Waals surface area contributed by atoms with E-state index in [-0.39, 0.29) is 6.54 Å². The van der Waals surface area contributed by atoms with E-state index in [0.29, 0.717) is 6.61 Å². The highest BCUT2D eigenvalue weighted by molar-refractivity contribution is 5.67. The number of carbonyl (C=O) groups excluding carboxylic acids is 1. The lowest BCUT2D eigenvalue weighted by molar-refractivity contribution is -0.117. The molecule has 1 unspecified atom stereocenters. The Morgan fingerprint density at radius 3 is 1.50 bits per heavy atom. The average Bonchev–Trinajstić information content (AvgIpc) is 2.95. The van der Waals surface area contributed by atoms with Gasteiger partial charge in [0.15, 0.2) is 0 Å². The summed E-state index contributed by atoms with van der Waals surface area (Å²) in [4.78, 5) is 13.2. The van der Waals surface area contributed by atoms with Gasteiger partial charge in [0.1, 0.15) is 24.4 Å². The molecular weight excluding hydrogens is 510 g/mol. The van der Waals surface area contributed by atoms with Crippen LogP contribution in [0.5, 0.6) is 0 Å². The van der Waals surface area contributed by atoms with Crippen molar-refractivity contribution in [3.05, 3.63) is 0 Å². The maximum absolute atomic E-state index is 12.0. The Bertz CT molecular complexity index is 565. The first-order valence-corrected chi connectivity index (χ1v) is 16.5. The number of carbonyl (C=O) groups is 1. The Hall–Kier alpha value is -0.930. The largest absolute Gasteiger partial charge is 0.449 e. The molecule has 0 aliphatic rings. The molecule has 0 aromatic carbocycles. The second-order valence-corrected chi connectivity index (χ2v) is 12.0. The summed E-state index contributed by atoms with van der Waals surface area (Å²) in [5.41, 5.74) is 0. The first-order chi connectivity index (χ1) is 19.2. The van der Waals surface area contributed by atoms with Gasteiger partial charge in [0.2, 0.25) is 0 Å². The first kappa shape index (κ1) is 39.1. The lowest BCUT2D eigenvalue weighted by Gasteiger charge is -2.28. The van der Waals surface area contributed by atoms with Crippen LogP contribution in [0, 0.1) is 5.92 Å². The standard InChI is InChI=1S/C32H65NO7/c1-4-5-6-7-16-19-22-27(2)23-20-17-14-12-10-8-9-11-13-15-18-21-24-40-32(39)33(3)25-28(35)30(37)31(38)29(36)26-34/h27-31,34-38H,4-26H2,1-3H3/t27?,28-,29+,30+,31+/m0/s1. The highest BCUT2D eigenvalue weighted by atomic mass is 16.6. The number of ether oxygens (including phenoxy) is 1. The molecule has 240 valence electrons. The van der Waals surface area contributed by atoms with E-state index in [9.17, 15) is 25.2 Å². The fourth-order valence-electron chi connectivity index (χ4n) is 5.08. The van der Waals surface area contributed by atoms with Crippen molar-refractivity contribution in [2.45, 2.75) is 167 Å². The van der Waals surface area contributed by atoms with E-state index < -0.39 is 37.1 Å². The molecule has 8 heteroatoms. The van der Waals surface area contributed by atoms with Gasteiger partial charge in [-0.3, -0.25) is 0 Å². The molecule has 0 aliphatic heterocycles. The monoisotopic (exact) mass is 575 g/mol. The maximum Gasteiger partial charge on any atom is 0.409 e. The van der Waals surface area contributed by atoms with Gasteiger partial charge in [0.25, 0.3) is 0 Å². The van der Waals surface area contributed by atoms with Gasteiger partial charge in [0, 0.05) is 7.05 Å². The Kier molecular flexibility index (Phi) is 26.3. The molecule has 5 N–H and O–H groups in total. The fraction of sp³-hybridized carbons (Fsp3) is 0.969. The number of hydrogen-bond donors (Lipinski definition) is 5. The summed E-state index contributed by atoms with van der Waals surface area (Å²) < 4.78 is 5.20. The van der Waals surface area contributed by atoms with Gasteiger partial charge in [-0.25, -0.2) is 4.79 Å². The van der Waals surface area contributed by atoms with Gasteiger partial charge in [-0.15, -0.1) is 0 Å². The number of aliphatic hydroxyl groups is 5. The van der Waals surface area contributed by atoms with Crippen LogP contribution in [-0.2, 0) is 4.74 Å². The van der Waals surface area contributed by atoms with Crippen molar-refractivity contribution in [1.29, 1.82) is 0 Å². The maximum atomic E-state index is 12.0. The van der Waals surface area contributed by atoms with Crippen molar-refractivity contribution in [2.75, 3.05) is 26.8 Å². The number of rotatable bonds is 28. The summed E-state index contributed by atoms with van der Waals surface area (Å²) in [6.45, 7) is 3.99. The number of hydrogen-bond acceptors (Lipinski definition) is 7. The fourth-order valence-corrected chi connectivity index (χ4v) is 5.08. The molecule has 0 bridgehead atoms.